The topological polar surface area (TPSA) is 56.7 Å². The second-order valence-electron chi connectivity index (χ2n) is 3.53. The van der Waals surface area contributed by atoms with Crippen LogP contribution in [0.5, 0.6) is 0 Å². The number of nitrogens with zero attached hydrogens (tertiary/aromatic N) is 3. The standard InChI is InChI=1S/C9H18N4/c1-4-8(7(2)10)5-9-11-6-12-13(9)3/h6-8H,4-5,10H2,1-3H3. The van der Waals surface area contributed by atoms with E-state index in [0.29, 0.717) is 5.92 Å². The third kappa shape index (κ3) is 2.52. The van der Waals surface area contributed by atoms with Gasteiger partial charge in [-0.1, -0.05) is 13.3 Å². The summed E-state index contributed by atoms with van der Waals surface area (Å²) < 4.78 is 1.81. The first-order valence-corrected chi connectivity index (χ1v) is 4.73. The van der Waals surface area contributed by atoms with Crippen molar-refractivity contribution in [2.45, 2.75) is 32.7 Å². The maximum absolute atomic E-state index is 5.86. The third-order valence-electron chi connectivity index (χ3n) is 2.52. The Balaban J connectivity index is 2.62. The first-order valence-electron chi connectivity index (χ1n) is 4.73. The van der Waals surface area contributed by atoms with Crippen molar-refractivity contribution < 1.29 is 0 Å². The molecule has 13 heavy (non-hydrogen) atoms. The molecule has 74 valence electrons. The molecule has 2 N–H and O–H groups in total. The number of aryl methyl sites for hydroxylation is 1. The molecule has 0 radical (unpaired) electrons. The highest BCUT2D eigenvalue weighted by Gasteiger charge is 2.14. The van der Waals surface area contributed by atoms with Crippen molar-refractivity contribution in [2.75, 3.05) is 0 Å². The van der Waals surface area contributed by atoms with Crippen molar-refractivity contribution in [1.29, 1.82) is 0 Å². The Morgan fingerprint density at radius 3 is 2.69 bits per heavy atom. The molecule has 0 bridgehead atoms. The molecule has 1 aromatic rings. The van der Waals surface area contributed by atoms with Gasteiger partial charge in [-0.2, -0.15) is 5.10 Å². The summed E-state index contributed by atoms with van der Waals surface area (Å²) in [6.07, 6.45) is 3.60. The van der Waals surface area contributed by atoms with Crippen molar-refractivity contribution in [3.63, 3.8) is 0 Å². The van der Waals surface area contributed by atoms with E-state index >= 15 is 0 Å². The van der Waals surface area contributed by atoms with Crippen LogP contribution in [0.15, 0.2) is 6.33 Å². The molecule has 0 aliphatic heterocycles. The molecule has 0 aliphatic carbocycles. The molecular weight excluding hydrogens is 164 g/mol. The molecule has 0 amide bonds. The lowest BCUT2D eigenvalue weighted by atomic mass is 9.95. The zero-order valence-corrected chi connectivity index (χ0v) is 8.57. The van der Waals surface area contributed by atoms with Crippen LogP contribution in [0.4, 0.5) is 0 Å². The fourth-order valence-electron chi connectivity index (χ4n) is 1.44. The van der Waals surface area contributed by atoms with Crippen LogP contribution in [-0.4, -0.2) is 20.8 Å². The minimum Gasteiger partial charge on any atom is -0.328 e. The highest BCUT2D eigenvalue weighted by molar-refractivity contribution is 4.88. The first-order chi connectivity index (χ1) is 6.15. The number of rotatable bonds is 4. The van der Waals surface area contributed by atoms with Crippen LogP contribution in [0.1, 0.15) is 26.1 Å². The molecule has 1 heterocycles. The molecule has 1 aromatic heterocycles. The van der Waals surface area contributed by atoms with Crippen LogP contribution in [0, 0.1) is 5.92 Å². The molecule has 4 nitrogen and oxygen atoms in total. The van der Waals surface area contributed by atoms with Crippen LogP contribution in [0.3, 0.4) is 0 Å². The lowest BCUT2D eigenvalue weighted by molar-refractivity contribution is 0.412. The Morgan fingerprint density at radius 2 is 2.31 bits per heavy atom. The average molecular weight is 182 g/mol. The Morgan fingerprint density at radius 1 is 1.62 bits per heavy atom. The Labute approximate surface area is 79.2 Å². The van der Waals surface area contributed by atoms with E-state index in [2.05, 4.69) is 17.0 Å². The van der Waals surface area contributed by atoms with Gasteiger partial charge in [0.1, 0.15) is 12.2 Å². The van der Waals surface area contributed by atoms with E-state index in [4.69, 9.17) is 5.73 Å². The molecule has 0 fully saturated rings. The highest BCUT2D eigenvalue weighted by Crippen LogP contribution is 2.12. The van der Waals surface area contributed by atoms with Gasteiger partial charge in [0, 0.05) is 19.5 Å². The Kier molecular flexibility index (Phi) is 3.42. The molecule has 2 unspecified atom stereocenters. The van der Waals surface area contributed by atoms with Crippen LogP contribution in [-0.2, 0) is 13.5 Å². The van der Waals surface area contributed by atoms with E-state index in [9.17, 15) is 0 Å². The lowest BCUT2D eigenvalue weighted by Crippen LogP contribution is -2.28. The molecule has 2 atom stereocenters. The van der Waals surface area contributed by atoms with Gasteiger partial charge in [-0.3, -0.25) is 4.68 Å². The molecule has 0 aliphatic rings. The van der Waals surface area contributed by atoms with E-state index < -0.39 is 0 Å². The van der Waals surface area contributed by atoms with Gasteiger partial charge in [0.2, 0.25) is 0 Å². The zero-order valence-electron chi connectivity index (χ0n) is 8.57. The van der Waals surface area contributed by atoms with E-state index in [1.54, 1.807) is 6.33 Å². The second-order valence-corrected chi connectivity index (χ2v) is 3.53. The van der Waals surface area contributed by atoms with Crippen molar-refractivity contribution in [1.82, 2.24) is 14.8 Å². The summed E-state index contributed by atoms with van der Waals surface area (Å²) in [5.41, 5.74) is 5.86. The molecule has 0 saturated carbocycles. The summed E-state index contributed by atoms with van der Waals surface area (Å²) in [4.78, 5) is 4.18. The maximum atomic E-state index is 5.86. The van der Waals surface area contributed by atoms with Crippen LogP contribution >= 0.6 is 0 Å². The first kappa shape index (κ1) is 10.2. The van der Waals surface area contributed by atoms with Gasteiger partial charge in [0.25, 0.3) is 0 Å². The normalized spacial score (nSPS) is 15.7. The summed E-state index contributed by atoms with van der Waals surface area (Å²) in [5.74, 6) is 1.52. The molecular formula is C9H18N4. The summed E-state index contributed by atoms with van der Waals surface area (Å²) >= 11 is 0. The third-order valence-corrected chi connectivity index (χ3v) is 2.52. The van der Waals surface area contributed by atoms with Gasteiger partial charge >= 0.3 is 0 Å². The summed E-state index contributed by atoms with van der Waals surface area (Å²) in [7, 11) is 1.91. The molecule has 0 aromatic carbocycles. The van der Waals surface area contributed by atoms with Gasteiger partial charge in [0.15, 0.2) is 0 Å². The van der Waals surface area contributed by atoms with Crippen LogP contribution in [0.25, 0.3) is 0 Å². The van der Waals surface area contributed by atoms with Crippen LogP contribution < -0.4 is 5.73 Å². The number of hydrogen-bond donors (Lipinski definition) is 1. The smallest absolute Gasteiger partial charge is 0.138 e. The van der Waals surface area contributed by atoms with Gasteiger partial charge in [-0.05, 0) is 12.8 Å². The minimum atomic E-state index is 0.224. The van der Waals surface area contributed by atoms with Crippen LogP contribution in [0.2, 0.25) is 0 Å². The summed E-state index contributed by atoms with van der Waals surface area (Å²) in [6, 6.07) is 0.224. The Hall–Kier alpha value is -0.900. The number of hydrogen-bond acceptors (Lipinski definition) is 3. The van der Waals surface area contributed by atoms with Gasteiger partial charge in [-0.25, -0.2) is 4.98 Å². The predicted octanol–water partition coefficient (Wildman–Crippen LogP) is 0.731. The maximum Gasteiger partial charge on any atom is 0.138 e. The summed E-state index contributed by atoms with van der Waals surface area (Å²) in [6.45, 7) is 4.20. The molecule has 0 saturated heterocycles. The van der Waals surface area contributed by atoms with Gasteiger partial charge in [0.05, 0.1) is 0 Å². The minimum absolute atomic E-state index is 0.224. The van der Waals surface area contributed by atoms with E-state index in [1.165, 1.54) is 0 Å². The SMILES string of the molecule is CCC(Cc1ncnn1C)C(C)N. The predicted molar refractivity (Wildman–Crippen MR) is 52.1 cm³/mol. The Bertz CT molecular complexity index is 254. The fraction of sp³-hybridized carbons (Fsp3) is 0.778. The van der Waals surface area contributed by atoms with Crippen molar-refractivity contribution in [3.05, 3.63) is 12.2 Å². The average Bonchev–Trinajstić information content (AvgIpc) is 2.46. The monoisotopic (exact) mass is 182 g/mol. The fourth-order valence-corrected chi connectivity index (χ4v) is 1.44. The van der Waals surface area contributed by atoms with E-state index in [0.717, 1.165) is 18.7 Å². The summed E-state index contributed by atoms with van der Waals surface area (Å²) in [5, 5.41) is 4.03. The lowest BCUT2D eigenvalue weighted by Gasteiger charge is -2.17. The number of aromatic nitrogens is 3. The largest absolute Gasteiger partial charge is 0.328 e. The molecule has 0 spiro atoms. The van der Waals surface area contributed by atoms with Crippen molar-refractivity contribution in [3.8, 4) is 0 Å². The molecule has 1 rings (SSSR count). The van der Waals surface area contributed by atoms with E-state index in [-0.39, 0.29) is 6.04 Å². The number of nitrogens with two attached hydrogens (primary N) is 1. The molecule has 4 heteroatoms. The van der Waals surface area contributed by atoms with Crippen molar-refractivity contribution in [2.24, 2.45) is 18.7 Å². The van der Waals surface area contributed by atoms with Crippen molar-refractivity contribution >= 4 is 0 Å². The zero-order chi connectivity index (χ0) is 9.84. The van der Waals surface area contributed by atoms with Gasteiger partial charge < -0.3 is 5.73 Å². The second kappa shape index (κ2) is 4.37. The highest BCUT2D eigenvalue weighted by atomic mass is 15.3. The van der Waals surface area contributed by atoms with Gasteiger partial charge in [-0.15, -0.1) is 0 Å². The quantitative estimate of drug-likeness (QED) is 0.747. The van der Waals surface area contributed by atoms with E-state index in [1.807, 2.05) is 18.7 Å².